The summed E-state index contributed by atoms with van der Waals surface area (Å²) in [5, 5.41) is 3.32. The summed E-state index contributed by atoms with van der Waals surface area (Å²) in [4.78, 5) is 0. The van der Waals surface area contributed by atoms with E-state index in [1.54, 1.807) is 7.11 Å². The molecule has 2 atom stereocenters. The van der Waals surface area contributed by atoms with Crippen LogP contribution in [-0.4, -0.2) is 20.7 Å². The van der Waals surface area contributed by atoms with Gasteiger partial charge < -0.3 is 10.1 Å². The lowest BCUT2D eigenvalue weighted by molar-refractivity contribution is 0.324. The minimum absolute atomic E-state index is 0.696. The normalized spacial score (nSPS) is 14.2. The fraction of sp³-hybridized carbons (Fsp3) is 0.625. The first-order valence-corrected chi connectivity index (χ1v) is 6.98. The third-order valence-corrected chi connectivity index (χ3v) is 3.65. The van der Waals surface area contributed by atoms with Crippen molar-refractivity contribution in [2.24, 2.45) is 11.8 Å². The van der Waals surface area contributed by atoms with Gasteiger partial charge in [0.15, 0.2) is 0 Å². The molecule has 2 unspecified atom stereocenters. The molecule has 0 saturated carbocycles. The van der Waals surface area contributed by atoms with Crippen LogP contribution in [0, 0.1) is 11.8 Å². The van der Waals surface area contributed by atoms with Gasteiger partial charge in [-0.25, -0.2) is 0 Å². The van der Waals surface area contributed by atoms with Gasteiger partial charge in [0.1, 0.15) is 5.75 Å². The van der Waals surface area contributed by atoms with Crippen LogP contribution >= 0.6 is 0 Å². The average Bonchev–Trinajstić information content (AvgIpc) is 2.39. The van der Waals surface area contributed by atoms with E-state index >= 15 is 0 Å². The maximum atomic E-state index is 5.29. The second-order valence-corrected chi connectivity index (χ2v) is 5.14. The van der Waals surface area contributed by atoms with Crippen molar-refractivity contribution in [1.29, 1.82) is 0 Å². The first-order valence-electron chi connectivity index (χ1n) is 6.98. The summed E-state index contributed by atoms with van der Waals surface area (Å²) < 4.78 is 5.29. The van der Waals surface area contributed by atoms with Gasteiger partial charge in [-0.3, -0.25) is 0 Å². The number of hydrogen-bond donors (Lipinski definition) is 1. The van der Waals surface area contributed by atoms with Crippen LogP contribution in [0.1, 0.15) is 32.3 Å². The Hall–Kier alpha value is -1.02. The van der Waals surface area contributed by atoms with Crippen molar-refractivity contribution in [3.05, 3.63) is 29.8 Å². The summed E-state index contributed by atoms with van der Waals surface area (Å²) in [7, 11) is 3.77. The highest BCUT2D eigenvalue weighted by Gasteiger charge is 2.16. The molecule has 0 spiro atoms. The van der Waals surface area contributed by atoms with E-state index in [2.05, 4.69) is 37.4 Å². The Kier molecular flexibility index (Phi) is 6.81. The molecule has 0 amide bonds. The van der Waals surface area contributed by atoms with Crippen molar-refractivity contribution in [2.75, 3.05) is 20.7 Å². The van der Waals surface area contributed by atoms with E-state index in [0.717, 1.165) is 24.6 Å². The zero-order valence-electron chi connectivity index (χ0n) is 12.2. The molecule has 1 aromatic carbocycles. The van der Waals surface area contributed by atoms with Crippen LogP contribution in [0.2, 0.25) is 0 Å². The van der Waals surface area contributed by atoms with Crippen LogP contribution in [0.4, 0.5) is 0 Å². The van der Waals surface area contributed by atoms with Gasteiger partial charge >= 0.3 is 0 Å². The molecule has 0 radical (unpaired) electrons. The summed E-state index contributed by atoms with van der Waals surface area (Å²) in [6.45, 7) is 5.71. The van der Waals surface area contributed by atoms with Crippen LogP contribution in [0.5, 0.6) is 5.75 Å². The highest BCUT2D eigenvalue weighted by Crippen LogP contribution is 2.23. The smallest absolute Gasteiger partial charge is 0.119 e. The molecule has 1 aromatic rings. The van der Waals surface area contributed by atoms with Crippen LogP contribution in [-0.2, 0) is 6.42 Å². The number of hydrogen-bond acceptors (Lipinski definition) is 2. The highest BCUT2D eigenvalue weighted by molar-refractivity contribution is 5.28. The Morgan fingerprint density at radius 2 is 2.11 bits per heavy atom. The molecule has 1 rings (SSSR count). The van der Waals surface area contributed by atoms with Crippen molar-refractivity contribution >= 4 is 0 Å². The van der Waals surface area contributed by atoms with Gasteiger partial charge in [-0.15, -0.1) is 0 Å². The lowest BCUT2D eigenvalue weighted by Crippen LogP contribution is -2.26. The van der Waals surface area contributed by atoms with E-state index in [0.29, 0.717) is 5.92 Å². The molecular weight excluding hydrogens is 222 g/mol. The summed E-state index contributed by atoms with van der Waals surface area (Å²) in [6.07, 6.45) is 3.69. The monoisotopic (exact) mass is 249 g/mol. The highest BCUT2D eigenvalue weighted by atomic mass is 16.5. The van der Waals surface area contributed by atoms with E-state index in [1.165, 1.54) is 18.4 Å². The van der Waals surface area contributed by atoms with Gasteiger partial charge in [-0.1, -0.05) is 38.8 Å². The van der Waals surface area contributed by atoms with Crippen LogP contribution in [0.25, 0.3) is 0 Å². The summed E-state index contributed by atoms with van der Waals surface area (Å²) in [5.74, 6) is 2.41. The summed E-state index contributed by atoms with van der Waals surface area (Å²) >= 11 is 0. The quantitative estimate of drug-likeness (QED) is 0.761. The summed E-state index contributed by atoms with van der Waals surface area (Å²) in [6, 6.07) is 8.44. The molecule has 2 nitrogen and oxygen atoms in total. The molecule has 0 aromatic heterocycles. The zero-order chi connectivity index (χ0) is 13.4. The van der Waals surface area contributed by atoms with Crippen molar-refractivity contribution in [2.45, 2.75) is 33.1 Å². The largest absolute Gasteiger partial charge is 0.497 e. The number of ether oxygens (including phenoxy) is 1. The zero-order valence-corrected chi connectivity index (χ0v) is 12.2. The van der Waals surface area contributed by atoms with Crippen molar-refractivity contribution < 1.29 is 4.74 Å². The minimum atomic E-state index is 0.696. The Balaban J connectivity index is 2.69. The second-order valence-electron chi connectivity index (χ2n) is 5.14. The topological polar surface area (TPSA) is 21.3 Å². The van der Waals surface area contributed by atoms with Gasteiger partial charge in [0, 0.05) is 0 Å². The van der Waals surface area contributed by atoms with Crippen molar-refractivity contribution in [3.63, 3.8) is 0 Å². The lowest BCUT2D eigenvalue weighted by atomic mass is 9.85. The molecular formula is C16H27NO. The Morgan fingerprint density at radius 3 is 2.72 bits per heavy atom. The predicted octanol–water partition coefficient (Wildman–Crippen LogP) is 3.51. The van der Waals surface area contributed by atoms with E-state index in [1.807, 2.05) is 13.1 Å². The Bertz CT molecular complexity index is 338. The predicted molar refractivity (Wildman–Crippen MR) is 78.2 cm³/mol. The fourth-order valence-corrected chi connectivity index (χ4v) is 2.53. The molecule has 102 valence electrons. The molecule has 0 saturated heterocycles. The first-order chi connectivity index (χ1) is 8.71. The molecule has 0 heterocycles. The number of benzene rings is 1. The standard InChI is InChI=1S/C16H27NO/c1-5-7-13(2)15(12-17-3)10-14-8-6-9-16(11-14)18-4/h6,8-9,11,13,15,17H,5,7,10,12H2,1-4H3. The van der Waals surface area contributed by atoms with E-state index in [9.17, 15) is 0 Å². The average molecular weight is 249 g/mol. The Morgan fingerprint density at radius 1 is 1.33 bits per heavy atom. The SMILES string of the molecule is CCCC(C)C(CNC)Cc1cccc(OC)c1. The van der Waals surface area contributed by atoms with Gasteiger partial charge in [-0.2, -0.15) is 0 Å². The van der Waals surface area contributed by atoms with E-state index < -0.39 is 0 Å². The van der Waals surface area contributed by atoms with Gasteiger partial charge in [0.2, 0.25) is 0 Å². The van der Waals surface area contributed by atoms with Crippen molar-refractivity contribution in [3.8, 4) is 5.75 Å². The van der Waals surface area contributed by atoms with Crippen LogP contribution < -0.4 is 10.1 Å². The maximum Gasteiger partial charge on any atom is 0.119 e. The lowest BCUT2D eigenvalue weighted by Gasteiger charge is -2.23. The molecule has 1 N–H and O–H groups in total. The molecule has 2 heteroatoms. The molecule has 0 bridgehead atoms. The molecule has 0 aliphatic rings. The fourth-order valence-electron chi connectivity index (χ4n) is 2.53. The summed E-state index contributed by atoms with van der Waals surface area (Å²) in [5.41, 5.74) is 1.37. The second kappa shape index (κ2) is 8.15. The Labute approximate surface area is 112 Å². The third kappa shape index (κ3) is 4.69. The molecule has 0 fully saturated rings. The minimum Gasteiger partial charge on any atom is -0.497 e. The molecule has 18 heavy (non-hydrogen) atoms. The van der Waals surface area contributed by atoms with E-state index in [-0.39, 0.29) is 0 Å². The maximum absolute atomic E-state index is 5.29. The van der Waals surface area contributed by atoms with E-state index in [4.69, 9.17) is 4.74 Å². The van der Waals surface area contributed by atoms with Crippen molar-refractivity contribution in [1.82, 2.24) is 5.32 Å². The first kappa shape index (κ1) is 15.0. The van der Waals surface area contributed by atoms with Gasteiger partial charge in [-0.05, 0) is 49.5 Å². The molecule has 0 aliphatic heterocycles. The van der Waals surface area contributed by atoms with Gasteiger partial charge in [0.25, 0.3) is 0 Å². The number of rotatable bonds is 8. The third-order valence-electron chi connectivity index (χ3n) is 3.65. The number of methoxy groups -OCH3 is 1. The van der Waals surface area contributed by atoms with Crippen LogP contribution in [0.3, 0.4) is 0 Å². The number of nitrogens with one attached hydrogen (secondary N) is 1. The molecule has 0 aliphatic carbocycles. The van der Waals surface area contributed by atoms with Gasteiger partial charge in [0.05, 0.1) is 7.11 Å². The van der Waals surface area contributed by atoms with Crippen LogP contribution in [0.15, 0.2) is 24.3 Å².